The van der Waals surface area contributed by atoms with Crippen LogP contribution in [0.1, 0.15) is 36.9 Å². The molecule has 2 fully saturated rings. The second kappa shape index (κ2) is 8.53. The minimum absolute atomic E-state index is 0.0280. The van der Waals surface area contributed by atoms with Crippen molar-refractivity contribution in [1.82, 2.24) is 14.5 Å². The molecule has 0 amide bonds. The van der Waals surface area contributed by atoms with Crippen molar-refractivity contribution in [2.75, 3.05) is 19.4 Å². The highest BCUT2D eigenvalue weighted by atomic mass is 32.2. The third-order valence-electron chi connectivity index (χ3n) is 5.54. The maximum absolute atomic E-state index is 13.1. The zero-order valence-corrected chi connectivity index (χ0v) is 17.6. The Labute approximate surface area is 171 Å². The van der Waals surface area contributed by atoms with Crippen LogP contribution in [-0.4, -0.2) is 48.4 Å². The third kappa shape index (κ3) is 5.24. The van der Waals surface area contributed by atoms with Gasteiger partial charge in [-0.2, -0.15) is 0 Å². The molecule has 1 aromatic heterocycles. The van der Waals surface area contributed by atoms with Gasteiger partial charge in [-0.05, 0) is 56.3 Å². The summed E-state index contributed by atoms with van der Waals surface area (Å²) in [6.07, 6.45) is 5.61. The lowest BCUT2D eigenvalue weighted by atomic mass is 10.2. The number of halogens is 1. The summed E-state index contributed by atoms with van der Waals surface area (Å²) in [5.41, 5.74) is 1.86. The Balaban J connectivity index is 1.53. The summed E-state index contributed by atoms with van der Waals surface area (Å²) in [5.74, 6) is 0.203. The van der Waals surface area contributed by atoms with Crippen LogP contribution in [0.5, 0.6) is 0 Å². The largest absolute Gasteiger partial charge is 0.376 e. The number of nitrogens with zero attached hydrogens (tertiary/aromatic N) is 3. The van der Waals surface area contributed by atoms with E-state index in [9.17, 15) is 12.8 Å². The second-order valence-corrected chi connectivity index (χ2v) is 10.2. The van der Waals surface area contributed by atoms with Gasteiger partial charge in [0.05, 0.1) is 30.3 Å². The van der Waals surface area contributed by atoms with Gasteiger partial charge in [0.1, 0.15) is 5.82 Å². The fraction of sp³-hybridized carbons (Fsp3) is 0.571. The summed E-state index contributed by atoms with van der Waals surface area (Å²) in [6, 6.07) is 6.43. The highest BCUT2D eigenvalue weighted by Crippen LogP contribution is 2.32. The van der Waals surface area contributed by atoms with Gasteiger partial charge in [0.2, 0.25) is 15.0 Å². The zero-order chi connectivity index (χ0) is 20.4. The van der Waals surface area contributed by atoms with Gasteiger partial charge in [-0.15, -0.1) is 0 Å². The number of aromatic nitrogens is 2. The van der Waals surface area contributed by atoms with Gasteiger partial charge in [-0.3, -0.25) is 4.90 Å². The molecule has 158 valence electrons. The first-order chi connectivity index (χ1) is 13.9. The minimum Gasteiger partial charge on any atom is -0.376 e. The molecule has 6 nitrogen and oxygen atoms in total. The lowest BCUT2D eigenvalue weighted by Crippen LogP contribution is -2.25. The Morgan fingerprint density at radius 1 is 1.21 bits per heavy atom. The van der Waals surface area contributed by atoms with Crippen LogP contribution in [-0.2, 0) is 34.2 Å². The molecule has 1 saturated carbocycles. The van der Waals surface area contributed by atoms with Crippen LogP contribution in [0.15, 0.2) is 35.6 Å². The van der Waals surface area contributed by atoms with Gasteiger partial charge in [0, 0.05) is 19.7 Å². The van der Waals surface area contributed by atoms with Crippen LogP contribution in [0.4, 0.5) is 4.39 Å². The van der Waals surface area contributed by atoms with Gasteiger partial charge in [-0.1, -0.05) is 12.1 Å². The van der Waals surface area contributed by atoms with Gasteiger partial charge in [0.15, 0.2) is 0 Å². The Morgan fingerprint density at radius 3 is 2.62 bits per heavy atom. The number of sulfone groups is 1. The highest BCUT2D eigenvalue weighted by Gasteiger charge is 2.33. The summed E-state index contributed by atoms with van der Waals surface area (Å²) < 4.78 is 46.6. The third-order valence-corrected chi connectivity index (χ3v) is 7.33. The molecule has 0 radical (unpaired) electrons. The molecule has 1 aliphatic heterocycles. The van der Waals surface area contributed by atoms with Crippen molar-refractivity contribution >= 4 is 9.84 Å². The summed E-state index contributed by atoms with van der Waals surface area (Å²) in [6.45, 7) is 2.42. The standard InChI is InChI=1S/C21H28FN3O3S/c1-24(12-16-6-8-18(22)9-7-16)13-19-11-23-21(29(26,27)15-17-4-5-17)25(19)14-20-3-2-10-28-20/h6-9,11,17,20H,2-5,10,12-15H2,1H3/t20-/m1/s1. The SMILES string of the molecule is CN(Cc1ccc(F)cc1)Cc1cnc(S(=O)(=O)CC2CC2)n1C[C@H]1CCCO1. The molecule has 1 aromatic carbocycles. The Hall–Kier alpha value is -1.77. The topological polar surface area (TPSA) is 64.4 Å². The molecule has 2 aliphatic rings. The van der Waals surface area contributed by atoms with Crippen molar-refractivity contribution in [1.29, 1.82) is 0 Å². The molecular weight excluding hydrogens is 393 g/mol. The lowest BCUT2D eigenvalue weighted by molar-refractivity contribution is 0.0934. The predicted octanol–water partition coefficient (Wildman–Crippen LogP) is 3.02. The molecule has 2 heterocycles. The zero-order valence-electron chi connectivity index (χ0n) is 16.8. The number of hydrogen-bond donors (Lipinski definition) is 0. The predicted molar refractivity (Wildman–Crippen MR) is 108 cm³/mol. The molecular formula is C21H28FN3O3S. The van der Waals surface area contributed by atoms with E-state index in [1.807, 2.05) is 11.6 Å². The smallest absolute Gasteiger partial charge is 0.227 e. The van der Waals surface area contributed by atoms with Crippen LogP contribution < -0.4 is 0 Å². The van der Waals surface area contributed by atoms with E-state index < -0.39 is 9.84 Å². The number of benzene rings is 1. The van der Waals surface area contributed by atoms with Crippen molar-refractivity contribution in [2.45, 2.75) is 56.6 Å². The van der Waals surface area contributed by atoms with Crippen molar-refractivity contribution < 1.29 is 17.5 Å². The Morgan fingerprint density at radius 2 is 1.97 bits per heavy atom. The van der Waals surface area contributed by atoms with E-state index in [4.69, 9.17) is 4.74 Å². The first-order valence-electron chi connectivity index (χ1n) is 10.2. The molecule has 1 saturated heterocycles. The summed E-state index contributed by atoms with van der Waals surface area (Å²) in [5, 5.41) is 0.171. The van der Waals surface area contributed by atoms with E-state index >= 15 is 0 Å². The molecule has 0 N–H and O–H groups in total. The minimum atomic E-state index is -3.41. The summed E-state index contributed by atoms with van der Waals surface area (Å²) in [4.78, 5) is 6.40. The monoisotopic (exact) mass is 421 g/mol. The summed E-state index contributed by atoms with van der Waals surface area (Å²) >= 11 is 0. The van der Waals surface area contributed by atoms with Crippen molar-refractivity contribution in [3.05, 3.63) is 47.5 Å². The van der Waals surface area contributed by atoms with Crippen LogP contribution in [0, 0.1) is 11.7 Å². The second-order valence-electron chi connectivity index (χ2n) is 8.30. The van der Waals surface area contributed by atoms with E-state index in [-0.39, 0.29) is 28.7 Å². The molecule has 0 spiro atoms. The van der Waals surface area contributed by atoms with Gasteiger partial charge >= 0.3 is 0 Å². The number of rotatable bonds is 9. The highest BCUT2D eigenvalue weighted by molar-refractivity contribution is 7.91. The van der Waals surface area contributed by atoms with E-state index in [1.54, 1.807) is 18.3 Å². The van der Waals surface area contributed by atoms with Gasteiger partial charge < -0.3 is 9.30 Å². The normalized spacial score (nSPS) is 19.9. The molecule has 0 unspecified atom stereocenters. The lowest BCUT2D eigenvalue weighted by Gasteiger charge is -2.20. The molecule has 1 aliphatic carbocycles. The molecule has 0 bridgehead atoms. The molecule has 29 heavy (non-hydrogen) atoms. The fourth-order valence-corrected chi connectivity index (χ4v) is 5.70. The van der Waals surface area contributed by atoms with Crippen LogP contribution in [0.3, 0.4) is 0 Å². The van der Waals surface area contributed by atoms with Crippen LogP contribution >= 0.6 is 0 Å². The Bertz CT molecular complexity index is 933. The van der Waals surface area contributed by atoms with Crippen molar-refractivity contribution in [3.8, 4) is 0 Å². The number of imidazole rings is 1. The van der Waals surface area contributed by atoms with Crippen LogP contribution in [0.2, 0.25) is 0 Å². The maximum atomic E-state index is 13.1. The van der Waals surface area contributed by atoms with Crippen LogP contribution in [0.25, 0.3) is 0 Å². The number of ether oxygens (including phenoxy) is 1. The average molecular weight is 422 g/mol. The quantitative estimate of drug-likeness (QED) is 0.623. The van der Waals surface area contributed by atoms with E-state index in [2.05, 4.69) is 9.88 Å². The molecule has 1 atom stereocenters. The van der Waals surface area contributed by atoms with Crippen molar-refractivity contribution in [2.24, 2.45) is 5.92 Å². The maximum Gasteiger partial charge on any atom is 0.227 e. The van der Waals surface area contributed by atoms with E-state index in [0.29, 0.717) is 19.6 Å². The van der Waals surface area contributed by atoms with E-state index in [0.717, 1.165) is 43.5 Å². The van der Waals surface area contributed by atoms with Gasteiger partial charge in [0.25, 0.3) is 0 Å². The fourth-order valence-electron chi connectivity index (χ4n) is 3.86. The molecule has 8 heteroatoms. The number of hydrogen-bond acceptors (Lipinski definition) is 5. The molecule has 2 aromatic rings. The van der Waals surface area contributed by atoms with Crippen molar-refractivity contribution in [3.63, 3.8) is 0 Å². The first-order valence-corrected chi connectivity index (χ1v) is 11.9. The average Bonchev–Trinajstić information content (AvgIpc) is 3.15. The molecule has 4 rings (SSSR count). The first kappa shape index (κ1) is 20.5. The van der Waals surface area contributed by atoms with Gasteiger partial charge in [-0.25, -0.2) is 17.8 Å². The Kier molecular flexibility index (Phi) is 6.03. The van der Waals surface area contributed by atoms with E-state index in [1.165, 1.54) is 12.1 Å². The summed E-state index contributed by atoms with van der Waals surface area (Å²) in [7, 11) is -1.45.